The van der Waals surface area contributed by atoms with Crippen LogP contribution in [0.3, 0.4) is 0 Å². The number of aliphatic hydroxyl groups excluding tert-OH is 1. The normalized spacial score (nSPS) is 19.7. The van der Waals surface area contributed by atoms with Crippen molar-refractivity contribution in [1.82, 2.24) is 9.21 Å². The summed E-state index contributed by atoms with van der Waals surface area (Å²) < 4.78 is 54.1. The fraction of sp³-hybridized carbons (Fsp3) is 0.385. The molecular formula is C39H47FN4O7S. The zero-order chi connectivity index (χ0) is 37.4. The van der Waals surface area contributed by atoms with Gasteiger partial charge in [0.2, 0.25) is 10.0 Å². The number of nitrogens with zero attached hydrogens (tertiary/aromatic N) is 2. The van der Waals surface area contributed by atoms with Crippen LogP contribution >= 0.6 is 0 Å². The fourth-order valence-corrected chi connectivity index (χ4v) is 7.40. The molecule has 52 heavy (non-hydrogen) atoms. The highest BCUT2D eigenvalue weighted by molar-refractivity contribution is 7.89. The number of amides is 3. The van der Waals surface area contributed by atoms with Crippen molar-refractivity contribution in [2.24, 2.45) is 5.92 Å². The second-order valence-corrected chi connectivity index (χ2v) is 15.4. The lowest BCUT2D eigenvalue weighted by molar-refractivity contribution is -0.00834. The number of rotatable bonds is 8. The van der Waals surface area contributed by atoms with Gasteiger partial charge in [-0.2, -0.15) is 4.31 Å². The highest BCUT2D eigenvalue weighted by atomic mass is 32.2. The maximum absolute atomic E-state index is 14.5. The molecule has 3 N–H and O–H groups in total. The Morgan fingerprint density at radius 1 is 1.02 bits per heavy atom. The first-order chi connectivity index (χ1) is 24.9. The molecule has 0 saturated carbocycles. The van der Waals surface area contributed by atoms with Crippen LogP contribution in [0.15, 0.2) is 89.8 Å². The molecule has 4 aromatic rings. The zero-order valence-corrected chi connectivity index (χ0v) is 30.7. The van der Waals surface area contributed by atoms with E-state index in [0.29, 0.717) is 36.6 Å². The number of urea groups is 1. The minimum absolute atomic E-state index is 0.0214. The van der Waals surface area contributed by atoms with Gasteiger partial charge in [-0.3, -0.25) is 4.79 Å². The summed E-state index contributed by atoms with van der Waals surface area (Å²) in [5, 5.41) is 17.9. The number of hydrogen-bond acceptors (Lipinski definition) is 7. The molecule has 1 aliphatic rings. The van der Waals surface area contributed by atoms with Crippen molar-refractivity contribution < 1.29 is 37.0 Å². The standard InChI is InChI=1S/C39H47FN4O7S/c1-26-23-44(27(2)25-45)38(46)34-22-31(41-39(47)42-35-14-9-12-29-11-5-6-13-33(29)35)17-20-36(34)51-28(3)10-7-8-21-50-37(26)24-43(4)52(48,49)32-18-15-30(40)16-19-32/h5-6,9,11-20,22,26-28,37,45H,7-8,10,21,23-25H2,1-4H3,(H2,41,42,47)/t26-,27-,28+,37+/m1/s1. The number of sulfonamides is 1. The molecule has 3 amide bonds. The monoisotopic (exact) mass is 734 g/mol. The Kier molecular flexibility index (Phi) is 12.9. The van der Waals surface area contributed by atoms with E-state index < -0.39 is 39.9 Å². The van der Waals surface area contributed by atoms with Gasteiger partial charge in [0.15, 0.2) is 0 Å². The van der Waals surface area contributed by atoms with Crippen LogP contribution in [-0.2, 0) is 14.8 Å². The Hall–Kier alpha value is -4.56. The van der Waals surface area contributed by atoms with E-state index in [9.17, 15) is 27.5 Å². The van der Waals surface area contributed by atoms with Gasteiger partial charge in [-0.1, -0.05) is 43.3 Å². The average molecular weight is 735 g/mol. The van der Waals surface area contributed by atoms with Gasteiger partial charge in [-0.25, -0.2) is 17.6 Å². The number of nitrogens with one attached hydrogen (secondary N) is 2. The number of benzene rings is 4. The molecule has 278 valence electrons. The quantitative estimate of drug-likeness (QED) is 0.182. The van der Waals surface area contributed by atoms with E-state index in [0.717, 1.165) is 29.3 Å². The van der Waals surface area contributed by atoms with Gasteiger partial charge in [0, 0.05) is 43.7 Å². The fourth-order valence-electron chi connectivity index (χ4n) is 6.22. The van der Waals surface area contributed by atoms with E-state index in [2.05, 4.69) is 10.6 Å². The van der Waals surface area contributed by atoms with Crippen LogP contribution in [0.2, 0.25) is 0 Å². The summed E-state index contributed by atoms with van der Waals surface area (Å²) >= 11 is 0. The first-order valence-electron chi connectivity index (χ1n) is 17.5. The van der Waals surface area contributed by atoms with Crippen LogP contribution in [0.4, 0.5) is 20.6 Å². The second-order valence-electron chi connectivity index (χ2n) is 13.4. The highest BCUT2D eigenvalue weighted by Gasteiger charge is 2.32. The maximum Gasteiger partial charge on any atom is 0.323 e. The number of halogens is 1. The molecule has 0 spiro atoms. The maximum atomic E-state index is 14.5. The van der Waals surface area contributed by atoms with Gasteiger partial charge in [0.1, 0.15) is 11.6 Å². The molecule has 0 saturated heterocycles. The number of likely N-dealkylation sites (N-methyl/N-ethyl adjacent to an activating group) is 1. The van der Waals surface area contributed by atoms with Gasteiger partial charge in [-0.15, -0.1) is 0 Å². The Balaban J connectivity index is 1.41. The van der Waals surface area contributed by atoms with E-state index >= 15 is 0 Å². The molecule has 0 bridgehead atoms. The summed E-state index contributed by atoms with van der Waals surface area (Å²) in [6.45, 7) is 5.63. The lowest BCUT2D eigenvalue weighted by Crippen LogP contribution is -2.48. The molecule has 1 heterocycles. The van der Waals surface area contributed by atoms with Gasteiger partial charge in [0.25, 0.3) is 5.91 Å². The highest BCUT2D eigenvalue weighted by Crippen LogP contribution is 2.30. The van der Waals surface area contributed by atoms with Gasteiger partial charge < -0.3 is 30.1 Å². The number of carbonyl (C=O) groups is 2. The van der Waals surface area contributed by atoms with Crippen LogP contribution < -0.4 is 15.4 Å². The number of aliphatic hydroxyl groups is 1. The molecule has 0 aliphatic carbocycles. The summed E-state index contributed by atoms with van der Waals surface area (Å²) in [4.78, 5) is 29.1. The number of hydrogen-bond donors (Lipinski definition) is 3. The third-order valence-corrected chi connectivity index (χ3v) is 11.1. The second kappa shape index (κ2) is 17.3. The molecule has 0 unspecified atom stereocenters. The summed E-state index contributed by atoms with van der Waals surface area (Å²) in [6, 6.07) is 21.8. The van der Waals surface area contributed by atoms with E-state index in [4.69, 9.17) is 9.47 Å². The van der Waals surface area contributed by atoms with Crippen LogP contribution in [0.5, 0.6) is 5.75 Å². The van der Waals surface area contributed by atoms with E-state index in [1.807, 2.05) is 56.3 Å². The van der Waals surface area contributed by atoms with Crippen LogP contribution in [0, 0.1) is 11.7 Å². The van der Waals surface area contributed by atoms with Crippen LogP contribution in [0.1, 0.15) is 50.4 Å². The molecule has 0 fully saturated rings. The molecule has 1 aliphatic heterocycles. The predicted octanol–water partition coefficient (Wildman–Crippen LogP) is 6.74. The van der Waals surface area contributed by atoms with E-state index in [1.165, 1.54) is 28.4 Å². The SMILES string of the molecule is C[C@@H]1CN([C@H](C)CO)C(=O)c2cc(NC(=O)Nc3cccc4ccccc34)ccc2O[C@@H](C)CCCCO[C@H]1CN(C)S(=O)(=O)c1ccc(F)cc1. The molecule has 11 nitrogen and oxygen atoms in total. The van der Waals surface area contributed by atoms with Crippen molar-refractivity contribution in [3.63, 3.8) is 0 Å². The van der Waals surface area contributed by atoms with E-state index in [-0.39, 0.29) is 42.2 Å². The van der Waals surface area contributed by atoms with E-state index in [1.54, 1.807) is 25.1 Å². The Bertz CT molecular complexity index is 1950. The first-order valence-corrected chi connectivity index (χ1v) is 18.9. The van der Waals surface area contributed by atoms with Crippen molar-refractivity contribution in [1.29, 1.82) is 0 Å². The van der Waals surface area contributed by atoms with Gasteiger partial charge in [0.05, 0.1) is 41.0 Å². The van der Waals surface area contributed by atoms with Crippen molar-refractivity contribution in [2.75, 3.05) is 44.0 Å². The summed E-state index contributed by atoms with van der Waals surface area (Å²) in [5.74, 6) is -1.02. The largest absolute Gasteiger partial charge is 0.490 e. The van der Waals surface area contributed by atoms with Gasteiger partial charge in [-0.05, 0) is 87.0 Å². The Labute approximate surface area is 304 Å². The van der Waals surface area contributed by atoms with Crippen LogP contribution in [-0.4, -0.2) is 86.3 Å². The van der Waals surface area contributed by atoms with Gasteiger partial charge >= 0.3 is 6.03 Å². The minimum Gasteiger partial charge on any atom is -0.490 e. The first kappa shape index (κ1) is 38.7. The molecular weight excluding hydrogens is 688 g/mol. The average Bonchev–Trinajstić information content (AvgIpc) is 3.13. The molecule has 0 aromatic heterocycles. The number of fused-ring (bicyclic) bond motifs is 2. The summed E-state index contributed by atoms with van der Waals surface area (Å²) in [6.07, 6.45) is 1.25. The van der Waals surface area contributed by atoms with Crippen LogP contribution in [0.25, 0.3) is 10.8 Å². The molecule has 4 atom stereocenters. The molecule has 4 aromatic carbocycles. The summed E-state index contributed by atoms with van der Waals surface area (Å²) in [7, 11) is -2.52. The molecule has 13 heteroatoms. The third-order valence-electron chi connectivity index (χ3n) is 9.31. The summed E-state index contributed by atoms with van der Waals surface area (Å²) in [5.41, 5.74) is 1.19. The zero-order valence-electron chi connectivity index (χ0n) is 29.9. The molecule has 0 radical (unpaired) electrons. The number of ether oxygens (including phenoxy) is 2. The van der Waals surface area contributed by atoms with Crippen molar-refractivity contribution >= 4 is 44.1 Å². The lowest BCUT2D eigenvalue weighted by Gasteiger charge is -2.35. The van der Waals surface area contributed by atoms with Crippen molar-refractivity contribution in [2.45, 2.75) is 63.2 Å². The number of carbonyl (C=O) groups excluding carboxylic acids is 2. The topological polar surface area (TPSA) is 138 Å². The minimum atomic E-state index is -3.97. The van der Waals surface area contributed by atoms with Crippen molar-refractivity contribution in [3.8, 4) is 5.75 Å². The Morgan fingerprint density at radius 3 is 2.50 bits per heavy atom. The smallest absolute Gasteiger partial charge is 0.323 e. The lowest BCUT2D eigenvalue weighted by atomic mass is 10.0. The third kappa shape index (κ3) is 9.45. The predicted molar refractivity (Wildman–Crippen MR) is 200 cm³/mol. The molecule has 5 rings (SSSR count). The van der Waals surface area contributed by atoms with Crippen molar-refractivity contribution in [3.05, 3.63) is 96.3 Å². The number of anilines is 2. The Morgan fingerprint density at radius 2 is 1.75 bits per heavy atom.